The number of nitrogens with one attached hydrogen (secondary N) is 1. The van der Waals surface area contributed by atoms with Gasteiger partial charge < -0.3 is 24.0 Å². The average Bonchev–Trinajstić information content (AvgIpc) is 2.91. The molecule has 0 unspecified atom stereocenters. The molecule has 1 N–H and O–H groups in total. The van der Waals surface area contributed by atoms with Crippen LogP contribution in [-0.4, -0.2) is 60.3 Å². The summed E-state index contributed by atoms with van der Waals surface area (Å²) in [4.78, 5) is 38.7. The van der Waals surface area contributed by atoms with Crippen molar-refractivity contribution in [3.8, 4) is 0 Å². The lowest BCUT2D eigenvalue weighted by Gasteiger charge is -2.43. The minimum absolute atomic E-state index is 0.129. The van der Waals surface area contributed by atoms with E-state index in [9.17, 15) is 14.4 Å². The molecule has 0 aliphatic heterocycles. The fraction of sp³-hybridized carbons (Fsp3) is 0.815. The van der Waals surface area contributed by atoms with Gasteiger partial charge in [-0.1, -0.05) is 77.9 Å². The summed E-state index contributed by atoms with van der Waals surface area (Å²) in [6, 6.07) is 2.47. The molecule has 0 saturated heterocycles. The fourth-order valence-electron chi connectivity index (χ4n) is 5.35. The number of amides is 1. The van der Waals surface area contributed by atoms with Gasteiger partial charge >= 0.3 is 18.0 Å². The molecule has 208 valence electrons. The van der Waals surface area contributed by atoms with Gasteiger partial charge in [0.25, 0.3) is 0 Å². The van der Waals surface area contributed by atoms with Gasteiger partial charge in [0.15, 0.2) is 13.7 Å². The molecular weight excluding hydrogens is 478 g/mol. The highest BCUT2D eigenvalue weighted by atomic mass is 28.4. The molecule has 0 radical (unpaired) electrons. The summed E-state index contributed by atoms with van der Waals surface area (Å²) in [5.74, 6) is -1.65. The van der Waals surface area contributed by atoms with E-state index in [-0.39, 0.29) is 12.3 Å². The van der Waals surface area contributed by atoms with Gasteiger partial charge in [-0.2, -0.15) is 0 Å². The molecule has 9 heteroatoms. The monoisotopic (exact) mass is 527 g/mol. The second-order valence-corrected chi connectivity index (χ2v) is 14.0. The van der Waals surface area contributed by atoms with E-state index in [1.807, 2.05) is 6.92 Å². The van der Waals surface area contributed by atoms with E-state index in [1.165, 1.54) is 21.3 Å². The summed E-state index contributed by atoms with van der Waals surface area (Å²) < 4.78 is 21.9. The van der Waals surface area contributed by atoms with E-state index in [2.05, 4.69) is 32.2 Å². The molecule has 0 bridgehead atoms. The summed E-state index contributed by atoms with van der Waals surface area (Å²) in [5.41, 5.74) is -0.953. The maximum atomic E-state index is 13.2. The van der Waals surface area contributed by atoms with Crippen LogP contribution in [-0.2, 0) is 28.2 Å². The number of methoxy groups -OCH3 is 3. The molecule has 0 aromatic heterocycles. The van der Waals surface area contributed by atoms with E-state index >= 15 is 0 Å². The zero-order valence-corrected chi connectivity index (χ0v) is 24.6. The number of esters is 2. The van der Waals surface area contributed by atoms with Gasteiger partial charge in [0.05, 0.1) is 27.4 Å². The van der Waals surface area contributed by atoms with E-state index in [0.29, 0.717) is 13.0 Å². The molecule has 0 heterocycles. The molecule has 0 fully saturated rings. The minimum atomic E-state index is -1.99. The van der Waals surface area contributed by atoms with Crippen molar-refractivity contribution in [1.29, 1.82) is 0 Å². The quantitative estimate of drug-likeness (QED) is 0.0895. The Morgan fingerprint density at radius 3 is 1.78 bits per heavy atom. The molecule has 0 saturated carbocycles. The summed E-state index contributed by atoms with van der Waals surface area (Å²) in [7, 11) is 1.74. The zero-order chi connectivity index (χ0) is 27.2. The van der Waals surface area contributed by atoms with Crippen LogP contribution in [0.1, 0.15) is 79.1 Å². The summed E-state index contributed by atoms with van der Waals surface area (Å²) in [5, 5.41) is 2.70. The molecule has 36 heavy (non-hydrogen) atoms. The lowest BCUT2D eigenvalue weighted by atomic mass is 9.66. The van der Waals surface area contributed by atoms with Crippen molar-refractivity contribution >= 4 is 26.3 Å². The van der Waals surface area contributed by atoms with Crippen molar-refractivity contribution in [2.75, 3.05) is 27.9 Å². The van der Waals surface area contributed by atoms with Crippen LogP contribution in [0, 0.1) is 11.3 Å². The Bertz CT molecular complexity index is 702. The number of unbranched alkanes of at least 4 members (excludes halogenated alkanes) is 3. The van der Waals surface area contributed by atoms with Gasteiger partial charge in [0.2, 0.25) is 0 Å². The number of carbonyl (C=O) groups is 3. The third-order valence-electron chi connectivity index (χ3n) is 7.41. The minimum Gasteiger partial charge on any atom is -0.468 e. The normalized spacial score (nSPS) is 19.2. The standard InChI is InChI=1S/C27H49NO7Si/c1-8-12-15-36(16-13-9-2,17-14-10-3)35-20-21-18-22(11-4)23(28-26(31)34-7)27(19-21,24(29)32-5)25(30)33-6/h18,21,23H,8-17,19-20H2,1-7H3,(H,28,31)/t21-,23+/m0/s1. The van der Waals surface area contributed by atoms with Gasteiger partial charge in [-0.3, -0.25) is 9.59 Å². The van der Waals surface area contributed by atoms with Gasteiger partial charge in [0.1, 0.15) is 0 Å². The summed E-state index contributed by atoms with van der Waals surface area (Å²) in [6.45, 7) is 9.01. The Labute approximate surface area is 219 Å². The van der Waals surface area contributed by atoms with Crippen LogP contribution in [0.5, 0.6) is 0 Å². The maximum Gasteiger partial charge on any atom is 0.407 e. The van der Waals surface area contributed by atoms with Crippen LogP contribution in [0.3, 0.4) is 0 Å². The van der Waals surface area contributed by atoms with Crippen LogP contribution < -0.4 is 5.32 Å². The Balaban J connectivity index is 3.44. The topological polar surface area (TPSA) is 100 Å². The highest BCUT2D eigenvalue weighted by Gasteiger charge is 2.59. The Morgan fingerprint density at radius 1 is 0.889 bits per heavy atom. The third kappa shape index (κ3) is 8.06. The number of hydrogen-bond acceptors (Lipinski definition) is 7. The fourth-order valence-corrected chi connectivity index (χ4v) is 10.1. The smallest absolute Gasteiger partial charge is 0.407 e. The van der Waals surface area contributed by atoms with Crippen LogP contribution >= 0.6 is 0 Å². The molecule has 1 aliphatic rings. The molecule has 0 spiro atoms. The van der Waals surface area contributed by atoms with Gasteiger partial charge in [0, 0.05) is 12.5 Å². The first-order valence-electron chi connectivity index (χ1n) is 13.6. The van der Waals surface area contributed by atoms with E-state index < -0.39 is 37.8 Å². The van der Waals surface area contributed by atoms with E-state index in [4.69, 9.17) is 18.6 Å². The molecule has 0 aromatic carbocycles. The second kappa shape index (κ2) is 16.1. The Kier molecular flexibility index (Phi) is 14.4. The van der Waals surface area contributed by atoms with E-state index in [1.54, 1.807) is 0 Å². The van der Waals surface area contributed by atoms with Crippen LogP contribution in [0.2, 0.25) is 18.1 Å². The first-order valence-corrected chi connectivity index (χ1v) is 16.1. The lowest BCUT2D eigenvalue weighted by Crippen LogP contribution is -2.60. The number of carbonyl (C=O) groups excluding carboxylic acids is 3. The maximum absolute atomic E-state index is 13.2. The van der Waals surface area contributed by atoms with Crippen molar-refractivity contribution in [3.63, 3.8) is 0 Å². The molecule has 1 rings (SSSR count). The third-order valence-corrected chi connectivity index (χ3v) is 12.0. The molecule has 8 nitrogen and oxygen atoms in total. The molecule has 1 amide bonds. The number of rotatable bonds is 16. The summed E-state index contributed by atoms with van der Waals surface area (Å²) >= 11 is 0. The first-order chi connectivity index (χ1) is 17.2. The van der Waals surface area contributed by atoms with Gasteiger partial charge in [-0.25, -0.2) is 4.79 Å². The van der Waals surface area contributed by atoms with Crippen LogP contribution in [0.25, 0.3) is 0 Å². The molecule has 1 aliphatic carbocycles. The predicted octanol–water partition coefficient (Wildman–Crippen LogP) is 5.76. The summed E-state index contributed by atoms with van der Waals surface area (Å²) in [6.07, 6.45) is 8.85. The highest BCUT2D eigenvalue weighted by molar-refractivity contribution is 6.73. The first kappa shape index (κ1) is 32.2. The lowest BCUT2D eigenvalue weighted by molar-refractivity contribution is -0.173. The van der Waals surface area contributed by atoms with Crippen molar-refractivity contribution in [1.82, 2.24) is 5.32 Å². The van der Waals surface area contributed by atoms with Gasteiger partial charge in [-0.05, 0) is 31.0 Å². The zero-order valence-electron chi connectivity index (χ0n) is 23.6. The van der Waals surface area contributed by atoms with Crippen LogP contribution in [0.4, 0.5) is 4.79 Å². The highest BCUT2D eigenvalue weighted by Crippen LogP contribution is 2.43. The van der Waals surface area contributed by atoms with Crippen molar-refractivity contribution in [2.45, 2.75) is 103 Å². The Hall–Kier alpha value is -1.87. The Morgan fingerprint density at radius 2 is 1.39 bits per heavy atom. The van der Waals surface area contributed by atoms with Crippen molar-refractivity contribution < 1.29 is 33.0 Å². The second-order valence-electron chi connectivity index (χ2n) is 9.89. The number of hydrogen-bond donors (Lipinski definition) is 1. The average molecular weight is 528 g/mol. The SMILES string of the molecule is CCCC[Si](CCCC)(CCCC)OC[C@H]1C=C(CC)[C@@H](NC(=O)OC)C(C(=O)OC)(C(=O)OC)C1. The van der Waals surface area contributed by atoms with Crippen LogP contribution in [0.15, 0.2) is 11.6 Å². The van der Waals surface area contributed by atoms with Crippen molar-refractivity contribution in [2.24, 2.45) is 11.3 Å². The largest absolute Gasteiger partial charge is 0.468 e. The van der Waals surface area contributed by atoms with E-state index in [0.717, 1.165) is 62.2 Å². The molecular formula is C27H49NO7Si. The molecule has 2 atom stereocenters. The number of alkyl carbamates (subject to hydrolysis) is 1. The predicted molar refractivity (Wildman–Crippen MR) is 143 cm³/mol. The van der Waals surface area contributed by atoms with Gasteiger partial charge in [-0.15, -0.1) is 0 Å². The number of ether oxygens (including phenoxy) is 3. The van der Waals surface area contributed by atoms with Crippen molar-refractivity contribution in [3.05, 3.63) is 11.6 Å². The molecule has 0 aromatic rings.